The molecule has 288 valence electrons. The van der Waals surface area contributed by atoms with Crippen molar-refractivity contribution >= 4 is 20.3 Å². The van der Waals surface area contributed by atoms with E-state index in [2.05, 4.69) is 38.8 Å². The number of methoxy groups -OCH3 is 2. The van der Waals surface area contributed by atoms with E-state index in [-0.39, 0.29) is 18.1 Å². The van der Waals surface area contributed by atoms with Crippen LogP contribution >= 0.6 is 0 Å². The van der Waals surface area contributed by atoms with Gasteiger partial charge in [0.05, 0.1) is 27.1 Å². The highest BCUT2D eigenvalue weighted by Gasteiger charge is 2.55. The highest BCUT2D eigenvalue weighted by molar-refractivity contribution is 6.74. The number of rotatable bonds is 15. The van der Waals surface area contributed by atoms with Gasteiger partial charge in [0.25, 0.3) is 5.56 Å². The number of ether oxygens (including phenoxy) is 5. The number of aromatic nitrogens is 2. The van der Waals surface area contributed by atoms with Gasteiger partial charge in [0.1, 0.15) is 42.0 Å². The maximum absolute atomic E-state index is 13.4. The largest absolute Gasteiger partial charge is 0.497 e. The molecule has 1 aromatic heterocycles. The summed E-state index contributed by atoms with van der Waals surface area (Å²) in [7, 11) is 0.460. The molecule has 0 bridgehead atoms. The number of aliphatic carboxylic acids is 1. The van der Waals surface area contributed by atoms with Crippen molar-refractivity contribution in [3.63, 3.8) is 0 Å². The lowest BCUT2D eigenvalue weighted by Crippen LogP contribution is -2.52. The Morgan fingerprint density at radius 2 is 1.37 bits per heavy atom. The summed E-state index contributed by atoms with van der Waals surface area (Å²) >= 11 is 0. The van der Waals surface area contributed by atoms with Crippen molar-refractivity contribution in [3.05, 3.63) is 129 Å². The summed E-state index contributed by atoms with van der Waals surface area (Å²) in [4.78, 5) is 52.0. The zero-order chi connectivity index (χ0) is 39.3. The van der Waals surface area contributed by atoms with Gasteiger partial charge in [-0.15, -0.1) is 0 Å². The summed E-state index contributed by atoms with van der Waals surface area (Å²) in [5.74, 6) is -0.631. The smallest absolute Gasteiger partial charge is 0.330 e. The molecule has 4 atom stereocenters. The molecule has 14 heteroatoms. The molecule has 54 heavy (non-hydrogen) atoms. The molecular formula is C40H48N2O11Si. The van der Waals surface area contributed by atoms with Crippen molar-refractivity contribution in [1.82, 2.24) is 9.55 Å². The van der Waals surface area contributed by atoms with E-state index in [1.165, 1.54) is 16.8 Å². The van der Waals surface area contributed by atoms with Crippen LogP contribution in [0.25, 0.3) is 0 Å². The number of esters is 1. The van der Waals surface area contributed by atoms with Gasteiger partial charge in [-0.25, -0.2) is 4.79 Å². The minimum absolute atomic E-state index is 0.304. The number of hydrogen-bond acceptors (Lipinski definition) is 10. The van der Waals surface area contributed by atoms with Crippen molar-refractivity contribution in [2.24, 2.45) is 0 Å². The number of carbonyl (C=O) groups excluding carboxylic acids is 1. The number of hydrogen-bond donors (Lipinski definition) is 2. The minimum Gasteiger partial charge on any atom is -0.497 e. The van der Waals surface area contributed by atoms with Crippen molar-refractivity contribution in [2.75, 3.05) is 20.8 Å². The first-order valence-corrected chi connectivity index (χ1v) is 20.5. The maximum atomic E-state index is 13.4. The summed E-state index contributed by atoms with van der Waals surface area (Å²) in [5, 5.41) is 8.88. The van der Waals surface area contributed by atoms with Gasteiger partial charge in [0.2, 0.25) is 0 Å². The van der Waals surface area contributed by atoms with E-state index < -0.39 is 68.1 Å². The van der Waals surface area contributed by atoms with Gasteiger partial charge in [0, 0.05) is 12.3 Å². The first kappa shape index (κ1) is 40.2. The second-order valence-corrected chi connectivity index (χ2v) is 19.3. The summed E-state index contributed by atoms with van der Waals surface area (Å²) < 4.78 is 39.3. The molecule has 0 aliphatic carbocycles. The number of aromatic amines is 1. The standard InChI is InChI=1S/C40H48N2O11Si/c1-39(2,3)54(6,7)53-36-35(31(25-50-34(46)22-21-33(44)45)51-37(36)42-24-23-32(43)41-38(42)47)52-40(26-11-9-8-10-12-26,27-13-17-29(48-4)18-14-27)28-15-19-30(49-5)20-16-28/h8-20,23-24,31,35-37H,21-22,25H2,1-7H3,(H,44,45)(H,41,43,47)/t31-,35-,36-,37-/m1/s1. The van der Waals surface area contributed by atoms with Crippen LogP contribution in [0, 0.1) is 0 Å². The monoisotopic (exact) mass is 760 g/mol. The van der Waals surface area contributed by atoms with Gasteiger partial charge < -0.3 is 33.2 Å². The molecule has 0 radical (unpaired) electrons. The zero-order valence-electron chi connectivity index (χ0n) is 31.6. The second-order valence-electron chi connectivity index (χ2n) is 14.6. The van der Waals surface area contributed by atoms with Crippen LogP contribution in [-0.4, -0.2) is 74.1 Å². The first-order chi connectivity index (χ1) is 25.6. The van der Waals surface area contributed by atoms with Crippen molar-refractivity contribution < 1.29 is 42.8 Å². The third-order valence-corrected chi connectivity index (χ3v) is 14.6. The van der Waals surface area contributed by atoms with Gasteiger partial charge in [0.15, 0.2) is 14.5 Å². The molecule has 1 fully saturated rings. The third kappa shape index (κ3) is 8.68. The van der Waals surface area contributed by atoms with Crippen LogP contribution in [0.1, 0.15) is 56.5 Å². The fraction of sp³-hybridized carbons (Fsp3) is 0.400. The van der Waals surface area contributed by atoms with E-state index in [4.69, 9.17) is 28.1 Å². The number of benzene rings is 3. The quantitative estimate of drug-likeness (QED) is 0.0877. The molecule has 0 unspecified atom stereocenters. The number of carbonyl (C=O) groups is 2. The summed E-state index contributed by atoms with van der Waals surface area (Å²) in [6.07, 6.45) is -3.65. The average molecular weight is 761 g/mol. The molecule has 13 nitrogen and oxygen atoms in total. The van der Waals surface area contributed by atoms with Crippen LogP contribution in [0.15, 0.2) is 101 Å². The van der Waals surface area contributed by atoms with Crippen LogP contribution in [0.2, 0.25) is 18.1 Å². The van der Waals surface area contributed by atoms with Crippen LogP contribution in [0.3, 0.4) is 0 Å². The minimum atomic E-state index is -2.71. The van der Waals surface area contributed by atoms with Crippen LogP contribution in [0.5, 0.6) is 11.5 Å². The van der Waals surface area contributed by atoms with Crippen molar-refractivity contribution in [1.29, 1.82) is 0 Å². The van der Waals surface area contributed by atoms with Gasteiger partial charge in [-0.05, 0) is 59.1 Å². The molecule has 1 aliphatic rings. The third-order valence-electron chi connectivity index (χ3n) is 10.1. The normalized spacial score (nSPS) is 18.9. The highest BCUT2D eigenvalue weighted by Crippen LogP contribution is 2.48. The molecule has 0 amide bonds. The Labute approximate surface area is 314 Å². The SMILES string of the molecule is COc1ccc(C(O[C@H]2[C@@H](O[Si](C)(C)C(C)(C)C)[C@H](n3ccc(=O)[nH]c3=O)O[C@@H]2COC(=O)CCC(=O)O)(c2ccccc2)c2ccc(OC)cc2)cc1. The molecule has 2 heterocycles. The molecular weight excluding hydrogens is 713 g/mol. The van der Waals surface area contributed by atoms with E-state index in [0.717, 1.165) is 5.56 Å². The predicted molar refractivity (Wildman–Crippen MR) is 202 cm³/mol. The Morgan fingerprint density at radius 3 is 1.87 bits per heavy atom. The van der Waals surface area contributed by atoms with E-state index in [1.807, 2.05) is 78.9 Å². The number of carboxylic acids is 1. The zero-order valence-corrected chi connectivity index (χ0v) is 32.6. The maximum Gasteiger partial charge on any atom is 0.330 e. The lowest BCUT2D eigenvalue weighted by Gasteiger charge is -2.44. The molecule has 2 N–H and O–H groups in total. The fourth-order valence-electron chi connectivity index (χ4n) is 6.17. The number of nitrogens with zero attached hydrogens (tertiary/aromatic N) is 1. The van der Waals surface area contributed by atoms with E-state index in [1.54, 1.807) is 14.2 Å². The Balaban J connectivity index is 1.76. The van der Waals surface area contributed by atoms with Crippen LogP contribution in [0.4, 0.5) is 0 Å². The molecule has 1 aliphatic heterocycles. The molecule has 5 rings (SSSR count). The summed E-state index contributed by atoms with van der Waals surface area (Å²) in [6.45, 7) is 10.0. The lowest BCUT2D eigenvalue weighted by molar-refractivity contribution is -0.156. The molecule has 0 saturated carbocycles. The van der Waals surface area contributed by atoms with E-state index >= 15 is 0 Å². The Hall–Kier alpha value is -5.02. The van der Waals surface area contributed by atoms with Gasteiger partial charge >= 0.3 is 17.6 Å². The summed E-state index contributed by atoms with van der Waals surface area (Å²) in [6, 6.07) is 25.7. The molecule has 0 spiro atoms. The molecule has 4 aromatic rings. The van der Waals surface area contributed by atoms with E-state index in [0.29, 0.717) is 22.6 Å². The molecule has 1 saturated heterocycles. The van der Waals surface area contributed by atoms with Crippen molar-refractivity contribution in [3.8, 4) is 11.5 Å². The van der Waals surface area contributed by atoms with Crippen LogP contribution < -0.4 is 20.7 Å². The van der Waals surface area contributed by atoms with E-state index in [9.17, 15) is 24.3 Å². The fourth-order valence-corrected chi connectivity index (χ4v) is 7.45. The number of nitrogens with one attached hydrogen (secondary N) is 1. The predicted octanol–water partition coefficient (Wildman–Crippen LogP) is 5.63. The second kappa shape index (κ2) is 16.6. The highest BCUT2D eigenvalue weighted by atomic mass is 28.4. The Kier molecular flexibility index (Phi) is 12.3. The number of carboxylic acid groups (broad SMARTS) is 1. The van der Waals surface area contributed by atoms with Gasteiger partial charge in [-0.3, -0.25) is 23.9 Å². The number of H-pyrrole nitrogens is 1. The summed E-state index contributed by atoms with van der Waals surface area (Å²) in [5.41, 5.74) is -0.517. The van der Waals surface area contributed by atoms with Crippen molar-refractivity contribution in [2.45, 2.75) is 81.9 Å². The molecule has 3 aromatic carbocycles. The first-order valence-electron chi connectivity index (χ1n) is 17.6. The Bertz CT molecular complexity index is 1960. The average Bonchev–Trinajstić information content (AvgIpc) is 3.46. The van der Waals surface area contributed by atoms with Crippen LogP contribution in [-0.2, 0) is 33.8 Å². The topological polar surface area (TPSA) is 165 Å². The van der Waals surface area contributed by atoms with Gasteiger partial charge in [-0.2, -0.15) is 0 Å². The Morgan fingerprint density at radius 1 is 0.815 bits per heavy atom. The van der Waals surface area contributed by atoms with Gasteiger partial charge in [-0.1, -0.05) is 75.4 Å². The lowest BCUT2D eigenvalue weighted by atomic mass is 9.79.